The molecular weight excluding hydrogens is 192 g/mol. The van der Waals surface area contributed by atoms with Crippen LogP contribution in [0.4, 0.5) is 8.78 Å². The largest absolute Gasteiger partial charge is 0.496 e. The number of nitrogens with zero attached hydrogens (tertiary/aromatic N) is 1. The molecule has 1 aromatic heterocycles. The molecule has 1 rings (SSSR count). The molecule has 0 N–H and O–H groups in total. The first-order valence-electron chi connectivity index (χ1n) is 3.89. The summed E-state index contributed by atoms with van der Waals surface area (Å²) in [5, 5.41) is 0. The molecule has 0 aliphatic carbocycles. The number of carbonyl (C=O) groups is 1. The molecule has 0 radical (unpaired) electrons. The first-order chi connectivity index (χ1) is 6.60. The fraction of sp³-hybridized carbons (Fsp3) is 0.333. The molecular formula is C9H9F2NO2. The van der Waals surface area contributed by atoms with Gasteiger partial charge < -0.3 is 4.74 Å². The van der Waals surface area contributed by atoms with Crippen LogP contribution in [0.15, 0.2) is 6.07 Å². The molecule has 3 nitrogen and oxygen atoms in total. The van der Waals surface area contributed by atoms with Gasteiger partial charge in [-0.25, -0.2) is 13.8 Å². The van der Waals surface area contributed by atoms with Crippen molar-refractivity contribution in [3.05, 3.63) is 23.0 Å². The molecule has 1 aromatic rings. The Balaban J connectivity index is 3.34. The maximum Gasteiger partial charge on any atom is 0.280 e. The summed E-state index contributed by atoms with van der Waals surface area (Å²) in [5.74, 6) is 0.248. The SMILES string of the molecule is COc1cc(C=O)nc(C(F)F)c1C. The van der Waals surface area contributed by atoms with Crippen LogP contribution in [0.2, 0.25) is 0 Å². The van der Waals surface area contributed by atoms with Gasteiger partial charge in [0.05, 0.1) is 7.11 Å². The maximum atomic E-state index is 12.4. The van der Waals surface area contributed by atoms with E-state index < -0.39 is 12.1 Å². The van der Waals surface area contributed by atoms with Gasteiger partial charge in [-0.3, -0.25) is 4.79 Å². The number of hydrogen-bond donors (Lipinski definition) is 0. The van der Waals surface area contributed by atoms with Gasteiger partial charge in [0, 0.05) is 11.6 Å². The Labute approximate surface area is 79.7 Å². The molecule has 0 saturated carbocycles. The lowest BCUT2D eigenvalue weighted by atomic mass is 10.2. The molecule has 0 amide bonds. The zero-order valence-corrected chi connectivity index (χ0v) is 7.75. The average Bonchev–Trinajstić information content (AvgIpc) is 2.17. The number of alkyl halides is 2. The molecule has 0 bridgehead atoms. The lowest BCUT2D eigenvalue weighted by molar-refractivity contribution is 0.111. The van der Waals surface area contributed by atoms with Crippen molar-refractivity contribution in [3.63, 3.8) is 0 Å². The molecule has 1 heterocycles. The van der Waals surface area contributed by atoms with E-state index in [1.807, 2.05) is 0 Å². The maximum absolute atomic E-state index is 12.4. The lowest BCUT2D eigenvalue weighted by Gasteiger charge is -2.09. The van der Waals surface area contributed by atoms with Crippen molar-refractivity contribution in [2.45, 2.75) is 13.3 Å². The van der Waals surface area contributed by atoms with E-state index in [2.05, 4.69) is 4.98 Å². The summed E-state index contributed by atoms with van der Waals surface area (Å²) < 4.78 is 29.7. The van der Waals surface area contributed by atoms with E-state index in [-0.39, 0.29) is 17.0 Å². The van der Waals surface area contributed by atoms with E-state index in [4.69, 9.17) is 4.74 Å². The zero-order valence-electron chi connectivity index (χ0n) is 7.75. The summed E-state index contributed by atoms with van der Waals surface area (Å²) in [7, 11) is 1.35. The lowest BCUT2D eigenvalue weighted by Crippen LogP contribution is -2.01. The van der Waals surface area contributed by atoms with E-state index in [1.165, 1.54) is 20.1 Å². The van der Waals surface area contributed by atoms with Gasteiger partial charge in [-0.1, -0.05) is 0 Å². The number of pyridine rings is 1. The summed E-state index contributed by atoms with van der Waals surface area (Å²) in [6, 6.07) is 1.33. The number of carbonyl (C=O) groups excluding carboxylic acids is 1. The van der Waals surface area contributed by atoms with Crippen LogP contribution in [0.5, 0.6) is 5.75 Å². The Hall–Kier alpha value is -1.52. The first kappa shape index (κ1) is 10.6. The van der Waals surface area contributed by atoms with Crippen LogP contribution < -0.4 is 4.74 Å². The fourth-order valence-corrected chi connectivity index (χ4v) is 1.11. The van der Waals surface area contributed by atoms with Crippen molar-refractivity contribution in [2.75, 3.05) is 7.11 Å². The van der Waals surface area contributed by atoms with Crippen LogP contribution in [0, 0.1) is 6.92 Å². The molecule has 0 spiro atoms. The standard InChI is InChI=1S/C9H9F2NO2/c1-5-7(14-2)3-6(4-13)12-8(5)9(10)11/h3-4,9H,1-2H3. The summed E-state index contributed by atoms with van der Waals surface area (Å²) in [6.45, 7) is 1.47. The normalized spacial score (nSPS) is 10.4. The number of methoxy groups -OCH3 is 1. The Morgan fingerprint density at radius 3 is 2.64 bits per heavy atom. The molecule has 76 valence electrons. The summed E-state index contributed by atoms with van der Waals surface area (Å²) >= 11 is 0. The van der Waals surface area contributed by atoms with Crippen molar-refractivity contribution in [2.24, 2.45) is 0 Å². The van der Waals surface area contributed by atoms with Gasteiger partial charge in [-0.15, -0.1) is 0 Å². The number of rotatable bonds is 3. The average molecular weight is 201 g/mol. The van der Waals surface area contributed by atoms with E-state index in [9.17, 15) is 13.6 Å². The number of ether oxygens (including phenoxy) is 1. The van der Waals surface area contributed by atoms with Crippen LogP contribution in [-0.2, 0) is 0 Å². The summed E-state index contributed by atoms with van der Waals surface area (Å²) in [6.07, 6.45) is -2.29. The number of halogens is 2. The third-order valence-corrected chi connectivity index (χ3v) is 1.83. The van der Waals surface area contributed by atoms with Gasteiger partial charge in [0.25, 0.3) is 6.43 Å². The van der Waals surface area contributed by atoms with Crippen LogP contribution in [0.1, 0.15) is 28.2 Å². The Bertz CT molecular complexity index is 353. The topological polar surface area (TPSA) is 39.2 Å². The van der Waals surface area contributed by atoms with Crippen LogP contribution in [0.3, 0.4) is 0 Å². The Morgan fingerprint density at radius 1 is 1.57 bits per heavy atom. The van der Waals surface area contributed by atoms with Crippen molar-refractivity contribution in [1.29, 1.82) is 0 Å². The first-order valence-corrected chi connectivity index (χ1v) is 3.89. The van der Waals surface area contributed by atoms with Crippen molar-refractivity contribution < 1.29 is 18.3 Å². The second kappa shape index (κ2) is 4.13. The van der Waals surface area contributed by atoms with Gasteiger partial charge in [-0.2, -0.15) is 0 Å². The van der Waals surface area contributed by atoms with Gasteiger partial charge in [0.1, 0.15) is 17.1 Å². The molecule has 0 unspecified atom stereocenters. The fourth-order valence-electron chi connectivity index (χ4n) is 1.11. The van der Waals surface area contributed by atoms with Gasteiger partial charge in [0.2, 0.25) is 0 Å². The predicted molar refractivity (Wildman–Crippen MR) is 45.9 cm³/mol. The van der Waals surface area contributed by atoms with Gasteiger partial charge >= 0.3 is 0 Å². The molecule has 0 aromatic carbocycles. The quantitative estimate of drug-likeness (QED) is 0.703. The molecule has 0 fully saturated rings. The van der Waals surface area contributed by atoms with E-state index in [1.54, 1.807) is 0 Å². The number of aromatic nitrogens is 1. The summed E-state index contributed by atoms with van der Waals surface area (Å²) in [5.41, 5.74) is -0.206. The highest BCUT2D eigenvalue weighted by Crippen LogP contribution is 2.27. The molecule has 5 heteroatoms. The highest BCUT2D eigenvalue weighted by Gasteiger charge is 2.17. The van der Waals surface area contributed by atoms with Crippen molar-refractivity contribution >= 4 is 6.29 Å². The third-order valence-electron chi connectivity index (χ3n) is 1.83. The molecule has 0 aliphatic rings. The van der Waals surface area contributed by atoms with Crippen molar-refractivity contribution in [3.8, 4) is 5.75 Å². The minimum absolute atomic E-state index is 0.0530. The Kier molecular flexibility index (Phi) is 3.11. The number of hydrogen-bond acceptors (Lipinski definition) is 3. The molecule has 0 saturated heterocycles. The van der Waals surface area contributed by atoms with Crippen LogP contribution in [0.25, 0.3) is 0 Å². The van der Waals surface area contributed by atoms with Gasteiger partial charge in [0.15, 0.2) is 6.29 Å². The molecule has 0 aliphatic heterocycles. The minimum Gasteiger partial charge on any atom is -0.496 e. The third kappa shape index (κ3) is 1.86. The van der Waals surface area contributed by atoms with E-state index in [0.717, 1.165) is 0 Å². The van der Waals surface area contributed by atoms with E-state index in [0.29, 0.717) is 6.29 Å². The van der Waals surface area contributed by atoms with Crippen LogP contribution >= 0.6 is 0 Å². The van der Waals surface area contributed by atoms with Crippen molar-refractivity contribution in [1.82, 2.24) is 4.98 Å². The Morgan fingerprint density at radius 2 is 2.21 bits per heavy atom. The minimum atomic E-state index is -2.70. The smallest absolute Gasteiger partial charge is 0.280 e. The highest BCUT2D eigenvalue weighted by atomic mass is 19.3. The second-order valence-corrected chi connectivity index (χ2v) is 2.68. The second-order valence-electron chi connectivity index (χ2n) is 2.68. The highest BCUT2D eigenvalue weighted by molar-refractivity contribution is 5.73. The van der Waals surface area contributed by atoms with Crippen LogP contribution in [-0.4, -0.2) is 18.4 Å². The number of aldehydes is 1. The molecule has 14 heavy (non-hydrogen) atoms. The predicted octanol–water partition coefficient (Wildman–Crippen LogP) is 2.15. The monoisotopic (exact) mass is 201 g/mol. The molecule has 0 atom stereocenters. The van der Waals surface area contributed by atoms with Gasteiger partial charge in [-0.05, 0) is 6.92 Å². The summed E-state index contributed by atoms with van der Waals surface area (Å²) in [4.78, 5) is 13.9. The van der Waals surface area contributed by atoms with E-state index >= 15 is 0 Å². The zero-order chi connectivity index (χ0) is 10.7.